The Kier molecular flexibility index (Phi) is 10.4. The number of benzene rings is 1. The minimum atomic E-state index is -0.0177. The first kappa shape index (κ1) is 25.4. The Morgan fingerprint density at radius 2 is 1.97 bits per heavy atom. The third-order valence-electron chi connectivity index (χ3n) is 6.78. The second-order valence-corrected chi connectivity index (χ2v) is 9.04. The van der Waals surface area contributed by atoms with Crippen LogP contribution in [-0.4, -0.2) is 50.5 Å². The van der Waals surface area contributed by atoms with Crippen LogP contribution in [0.25, 0.3) is 0 Å². The van der Waals surface area contributed by atoms with E-state index in [4.69, 9.17) is 9.73 Å². The molecule has 1 atom stereocenters. The molecule has 1 saturated heterocycles. The van der Waals surface area contributed by atoms with Gasteiger partial charge in [-0.1, -0.05) is 49.1 Å². The lowest BCUT2D eigenvalue weighted by Crippen LogP contribution is -2.47. The van der Waals surface area contributed by atoms with Crippen LogP contribution in [0.15, 0.2) is 29.3 Å². The van der Waals surface area contributed by atoms with Gasteiger partial charge in [-0.3, -0.25) is 4.99 Å². The summed E-state index contributed by atoms with van der Waals surface area (Å²) in [4.78, 5) is 4.92. The van der Waals surface area contributed by atoms with Crippen molar-refractivity contribution < 1.29 is 9.84 Å². The summed E-state index contributed by atoms with van der Waals surface area (Å²) in [5.41, 5.74) is 2.96. The van der Waals surface area contributed by atoms with Gasteiger partial charge in [0.15, 0.2) is 5.96 Å². The number of ether oxygens (including phenoxy) is 1. The molecule has 6 heteroatoms. The molecule has 1 unspecified atom stereocenters. The molecule has 1 heterocycles. The average molecular weight is 530 g/mol. The monoisotopic (exact) mass is 529 g/mol. The predicted molar refractivity (Wildman–Crippen MR) is 135 cm³/mol. The number of hydrogen-bond acceptors (Lipinski definition) is 3. The summed E-state index contributed by atoms with van der Waals surface area (Å²) < 4.78 is 5.62. The first-order chi connectivity index (χ1) is 14.1. The molecule has 2 fully saturated rings. The zero-order valence-electron chi connectivity index (χ0n) is 18.7. The molecule has 2 aliphatic rings. The quantitative estimate of drug-likeness (QED) is 0.269. The Labute approximate surface area is 199 Å². The van der Waals surface area contributed by atoms with E-state index in [1.54, 1.807) is 0 Å². The molecule has 1 aromatic carbocycles. The van der Waals surface area contributed by atoms with Crippen molar-refractivity contribution in [3.8, 4) is 0 Å². The number of rotatable bonds is 8. The van der Waals surface area contributed by atoms with Crippen LogP contribution in [0.5, 0.6) is 0 Å². The number of guanidine groups is 1. The fourth-order valence-electron chi connectivity index (χ4n) is 4.90. The summed E-state index contributed by atoms with van der Waals surface area (Å²) in [6.07, 6.45) is 8.11. The summed E-state index contributed by atoms with van der Waals surface area (Å²) >= 11 is 0. The lowest BCUT2D eigenvalue weighted by atomic mass is 9.69. The van der Waals surface area contributed by atoms with E-state index in [1.165, 1.54) is 43.2 Å². The maximum Gasteiger partial charge on any atom is 0.191 e. The Balaban J connectivity index is 0.00000320. The van der Waals surface area contributed by atoms with Crippen LogP contribution in [0.1, 0.15) is 63.0 Å². The molecule has 3 rings (SSSR count). The fourth-order valence-corrected chi connectivity index (χ4v) is 4.90. The fraction of sp³-hybridized carbons (Fsp3) is 0.708. The highest BCUT2D eigenvalue weighted by Crippen LogP contribution is 2.39. The van der Waals surface area contributed by atoms with Crippen molar-refractivity contribution in [2.75, 3.05) is 39.5 Å². The normalized spacial score (nSPS) is 23.6. The van der Waals surface area contributed by atoms with Gasteiger partial charge >= 0.3 is 0 Å². The van der Waals surface area contributed by atoms with Crippen LogP contribution < -0.4 is 10.6 Å². The number of nitrogens with one attached hydrogen (secondary N) is 2. The average Bonchev–Trinajstić information content (AvgIpc) is 3.20. The van der Waals surface area contributed by atoms with Crippen LogP contribution in [0, 0.1) is 12.3 Å². The van der Waals surface area contributed by atoms with Crippen LogP contribution in [0.2, 0.25) is 0 Å². The molecule has 1 aliphatic carbocycles. The molecule has 0 spiro atoms. The van der Waals surface area contributed by atoms with E-state index in [-0.39, 0.29) is 41.4 Å². The van der Waals surface area contributed by atoms with Crippen molar-refractivity contribution in [2.24, 2.45) is 10.4 Å². The van der Waals surface area contributed by atoms with E-state index in [0.717, 1.165) is 38.5 Å². The number of aryl methyl sites for hydroxylation is 1. The van der Waals surface area contributed by atoms with Gasteiger partial charge in [-0.25, -0.2) is 0 Å². The molecule has 0 amide bonds. The van der Waals surface area contributed by atoms with Crippen LogP contribution >= 0.6 is 24.0 Å². The summed E-state index contributed by atoms with van der Waals surface area (Å²) in [6.45, 7) is 8.40. The standard InChI is InChI=1S/C24H39N3O2.HI/c1-3-25-22(26-17-23(12-14-28)13-15-29-19-23)27-18-24(10-5-4-6-11-24)21-9-7-8-20(2)16-21;/h7-9,16,28H,3-6,10-15,17-19H2,1-2H3,(H2,25,26,27);1H. The van der Waals surface area contributed by atoms with Crippen LogP contribution in [0.3, 0.4) is 0 Å². The molecule has 30 heavy (non-hydrogen) atoms. The van der Waals surface area contributed by atoms with Crippen molar-refractivity contribution in [2.45, 2.75) is 64.2 Å². The second kappa shape index (κ2) is 12.2. The molecule has 1 saturated carbocycles. The molecule has 1 aromatic rings. The number of aliphatic imine (C=N–C) groups is 1. The minimum absolute atomic E-state index is 0. The molecular weight excluding hydrogens is 489 g/mol. The van der Waals surface area contributed by atoms with Gasteiger partial charge in [0.25, 0.3) is 0 Å². The van der Waals surface area contributed by atoms with Crippen molar-refractivity contribution in [3.63, 3.8) is 0 Å². The van der Waals surface area contributed by atoms with Gasteiger partial charge in [0, 0.05) is 37.1 Å². The first-order valence-corrected chi connectivity index (χ1v) is 11.4. The van der Waals surface area contributed by atoms with Gasteiger partial charge in [-0.2, -0.15) is 0 Å². The topological polar surface area (TPSA) is 65.9 Å². The summed E-state index contributed by atoms with van der Waals surface area (Å²) in [5.74, 6) is 0.884. The van der Waals surface area contributed by atoms with Gasteiger partial charge in [0.05, 0.1) is 13.2 Å². The van der Waals surface area contributed by atoms with Gasteiger partial charge in [0.1, 0.15) is 0 Å². The highest BCUT2D eigenvalue weighted by Gasteiger charge is 2.36. The molecule has 0 bridgehead atoms. The van der Waals surface area contributed by atoms with Crippen LogP contribution in [0.4, 0.5) is 0 Å². The lowest BCUT2D eigenvalue weighted by molar-refractivity contribution is 0.131. The van der Waals surface area contributed by atoms with Gasteiger partial charge < -0.3 is 20.5 Å². The Bertz CT molecular complexity index is 668. The van der Waals surface area contributed by atoms with E-state index in [1.807, 2.05) is 0 Å². The SMILES string of the molecule is CCNC(=NCC1(CCO)CCOC1)NCC1(c2cccc(C)c2)CCCCC1.I. The molecule has 1 aliphatic heterocycles. The number of aliphatic hydroxyl groups is 1. The molecular formula is C24H40IN3O2. The third-order valence-corrected chi connectivity index (χ3v) is 6.78. The Hall–Kier alpha value is -0.860. The molecule has 0 radical (unpaired) electrons. The molecule has 0 aromatic heterocycles. The van der Waals surface area contributed by atoms with Crippen molar-refractivity contribution in [1.82, 2.24) is 10.6 Å². The van der Waals surface area contributed by atoms with Crippen molar-refractivity contribution in [3.05, 3.63) is 35.4 Å². The van der Waals surface area contributed by atoms with Crippen molar-refractivity contribution in [1.29, 1.82) is 0 Å². The molecule has 3 N–H and O–H groups in total. The maximum atomic E-state index is 9.48. The highest BCUT2D eigenvalue weighted by molar-refractivity contribution is 14.0. The second-order valence-electron chi connectivity index (χ2n) is 9.04. The highest BCUT2D eigenvalue weighted by atomic mass is 127. The van der Waals surface area contributed by atoms with Gasteiger partial charge in [-0.05, 0) is 45.1 Å². The molecule has 170 valence electrons. The third kappa shape index (κ3) is 6.57. The first-order valence-electron chi connectivity index (χ1n) is 11.4. The number of halogens is 1. The number of aliphatic hydroxyl groups excluding tert-OH is 1. The largest absolute Gasteiger partial charge is 0.396 e. The van der Waals surface area contributed by atoms with Crippen LogP contribution in [-0.2, 0) is 10.2 Å². The van der Waals surface area contributed by atoms with Gasteiger partial charge in [-0.15, -0.1) is 24.0 Å². The van der Waals surface area contributed by atoms with E-state index < -0.39 is 0 Å². The van der Waals surface area contributed by atoms with E-state index in [9.17, 15) is 5.11 Å². The minimum Gasteiger partial charge on any atom is -0.396 e. The van der Waals surface area contributed by atoms with Crippen molar-refractivity contribution >= 4 is 29.9 Å². The van der Waals surface area contributed by atoms with E-state index in [0.29, 0.717) is 13.2 Å². The van der Waals surface area contributed by atoms with Gasteiger partial charge in [0.2, 0.25) is 0 Å². The van der Waals surface area contributed by atoms with E-state index in [2.05, 4.69) is 48.7 Å². The predicted octanol–water partition coefficient (Wildman–Crippen LogP) is 4.16. The zero-order chi connectivity index (χ0) is 20.6. The molecule has 5 nitrogen and oxygen atoms in total. The number of nitrogens with zero attached hydrogens (tertiary/aromatic N) is 1. The Morgan fingerprint density at radius 1 is 1.17 bits per heavy atom. The summed E-state index contributed by atoms with van der Waals surface area (Å²) in [6, 6.07) is 9.04. The number of hydrogen-bond donors (Lipinski definition) is 3. The summed E-state index contributed by atoms with van der Waals surface area (Å²) in [5, 5.41) is 16.6. The Morgan fingerprint density at radius 3 is 2.60 bits per heavy atom. The maximum absolute atomic E-state index is 9.48. The lowest BCUT2D eigenvalue weighted by Gasteiger charge is -2.38. The summed E-state index contributed by atoms with van der Waals surface area (Å²) in [7, 11) is 0. The zero-order valence-corrected chi connectivity index (χ0v) is 21.0. The van der Waals surface area contributed by atoms with E-state index >= 15 is 0 Å². The smallest absolute Gasteiger partial charge is 0.191 e.